The van der Waals surface area contributed by atoms with Crippen molar-refractivity contribution in [2.45, 2.75) is 50.8 Å². The number of hydrogen-bond donors (Lipinski definition) is 2. The summed E-state index contributed by atoms with van der Waals surface area (Å²) in [5, 5.41) is 5.38. The number of nitrogens with one attached hydrogen (secondary N) is 2. The molecule has 1 saturated heterocycles. The second kappa shape index (κ2) is 10.4. The van der Waals surface area contributed by atoms with E-state index in [1.54, 1.807) is 19.1 Å². The second-order valence-electron chi connectivity index (χ2n) is 6.60. The number of nitrogens with zero attached hydrogens (tertiary/aromatic N) is 1. The van der Waals surface area contributed by atoms with Gasteiger partial charge in [-0.2, -0.15) is 4.31 Å². The molecule has 156 valence electrons. The van der Waals surface area contributed by atoms with Gasteiger partial charge < -0.3 is 15.4 Å². The molecule has 28 heavy (non-hydrogen) atoms. The molecule has 8 nitrogen and oxygen atoms in total. The van der Waals surface area contributed by atoms with Crippen LogP contribution in [0.15, 0.2) is 23.1 Å². The Hall–Kier alpha value is -2.13. The quantitative estimate of drug-likeness (QED) is 0.614. The van der Waals surface area contributed by atoms with Crippen molar-refractivity contribution in [3.63, 3.8) is 0 Å². The first-order valence-electron chi connectivity index (χ1n) is 9.72. The average Bonchev–Trinajstić information content (AvgIpc) is 3.21. The van der Waals surface area contributed by atoms with Crippen LogP contribution in [0.4, 0.5) is 5.69 Å². The molecule has 2 amide bonds. The van der Waals surface area contributed by atoms with E-state index in [2.05, 4.69) is 10.6 Å². The molecule has 2 rings (SSSR count). The molecule has 0 aliphatic carbocycles. The van der Waals surface area contributed by atoms with E-state index >= 15 is 0 Å². The lowest BCUT2D eigenvalue weighted by atomic mass is 10.2. The minimum absolute atomic E-state index is 0.0248. The average molecular weight is 412 g/mol. The highest BCUT2D eigenvalue weighted by Crippen LogP contribution is 2.31. The van der Waals surface area contributed by atoms with Crippen molar-refractivity contribution in [3.8, 4) is 5.75 Å². The van der Waals surface area contributed by atoms with Gasteiger partial charge >= 0.3 is 0 Å². The molecule has 0 saturated carbocycles. The highest BCUT2D eigenvalue weighted by atomic mass is 32.2. The first-order valence-corrected chi connectivity index (χ1v) is 11.2. The van der Waals surface area contributed by atoms with E-state index < -0.39 is 10.0 Å². The van der Waals surface area contributed by atoms with Crippen LogP contribution in [0.2, 0.25) is 0 Å². The number of benzene rings is 1. The highest BCUT2D eigenvalue weighted by molar-refractivity contribution is 7.89. The van der Waals surface area contributed by atoms with E-state index in [0.29, 0.717) is 31.9 Å². The molecule has 0 radical (unpaired) electrons. The Kier molecular flexibility index (Phi) is 8.25. The molecular formula is C19H29N3O5S. The number of amides is 2. The van der Waals surface area contributed by atoms with E-state index in [4.69, 9.17) is 4.74 Å². The van der Waals surface area contributed by atoms with E-state index in [0.717, 1.165) is 19.3 Å². The van der Waals surface area contributed by atoms with Crippen molar-refractivity contribution in [2.24, 2.45) is 0 Å². The normalized spacial score (nSPS) is 14.6. The van der Waals surface area contributed by atoms with Gasteiger partial charge in [0.1, 0.15) is 10.6 Å². The van der Waals surface area contributed by atoms with E-state index in [-0.39, 0.29) is 35.3 Å². The molecule has 1 aromatic carbocycles. The van der Waals surface area contributed by atoms with E-state index in [1.165, 1.54) is 10.4 Å². The minimum atomic E-state index is -3.69. The van der Waals surface area contributed by atoms with Crippen LogP contribution in [0, 0.1) is 0 Å². The van der Waals surface area contributed by atoms with Gasteiger partial charge in [0.2, 0.25) is 21.8 Å². The molecule has 0 unspecified atom stereocenters. The maximum absolute atomic E-state index is 13.0. The standard InChI is InChI=1S/C19H29N3O5S/c1-3-11-20-18(23)9-10-19(24)21-15-7-8-16(27-4-2)17(14-15)28(25,26)22-12-5-6-13-22/h7-8,14H,3-6,9-13H2,1-2H3,(H,20,23)(H,21,24). The summed E-state index contributed by atoms with van der Waals surface area (Å²) in [7, 11) is -3.69. The lowest BCUT2D eigenvalue weighted by Gasteiger charge is -2.19. The Morgan fingerprint density at radius 2 is 1.79 bits per heavy atom. The number of rotatable bonds is 10. The molecule has 1 heterocycles. The van der Waals surface area contributed by atoms with Crippen LogP contribution in [0.3, 0.4) is 0 Å². The lowest BCUT2D eigenvalue weighted by molar-refractivity contribution is -0.124. The van der Waals surface area contributed by atoms with Crippen molar-refractivity contribution in [3.05, 3.63) is 18.2 Å². The van der Waals surface area contributed by atoms with Crippen LogP contribution in [-0.4, -0.2) is 50.8 Å². The number of sulfonamides is 1. The van der Waals surface area contributed by atoms with Gasteiger partial charge in [-0.15, -0.1) is 0 Å². The summed E-state index contributed by atoms with van der Waals surface area (Å²) in [6.07, 6.45) is 2.61. The third-order valence-corrected chi connectivity index (χ3v) is 6.28. The second-order valence-corrected chi connectivity index (χ2v) is 8.51. The van der Waals surface area contributed by atoms with Crippen LogP contribution >= 0.6 is 0 Å². The van der Waals surface area contributed by atoms with Crippen LogP contribution in [0.25, 0.3) is 0 Å². The topological polar surface area (TPSA) is 105 Å². The first-order chi connectivity index (χ1) is 13.4. The minimum Gasteiger partial charge on any atom is -0.492 e. The monoisotopic (exact) mass is 411 g/mol. The summed E-state index contributed by atoms with van der Waals surface area (Å²) in [5.41, 5.74) is 0.361. The smallest absolute Gasteiger partial charge is 0.246 e. The van der Waals surface area contributed by atoms with Gasteiger partial charge in [-0.25, -0.2) is 8.42 Å². The molecule has 0 bridgehead atoms. The molecule has 2 N–H and O–H groups in total. The van der Waals surface area contributed by atoms with Gasteiger partial charge in [-0.1, -0.05) is 6.92 Å². The fourth-order valence-electron chi connectivity index (χ4n) is 2.93. The third-order valence-electron chi connectivity index (χ3n) is 4.36. The molecule has 0 atom stereocenters. The Bertz CT molecular complexity index is 789. The Labute approximate surface area is 166 Å². The van der Waals surface area contributed by atoms with Crippen molar-refractivity contribution in [1.29, 1.82) is 0 Å². The molecule has 1 aliphatic rings. The number of carbonyl (C=O) groups excluding carboxylic acids is 2. The Morgan fingerprint density at radius 3 is 2.43 bits per heavy atom. The zero-order valence-corrected chi connectivity index (χ0v) is 17.3. The van der Waals surface area contributed by atoms with Crippen molar-refractivity contribution >= 4 is 27.5 Å². The lowest BCUT2D eigenvalue weighted by Crippen LogP contribution is -2.28. The van der Waals surface area contributed by atoms with E-state index in [9.17, 15) is 18.0 Å². The fourth-order valence-corrected chi connectivity index (χ4v) is 4.61. The number of anilines is 1. The Balaban J connectivity index is 2.11. The summed E-state index contributed by atoms with van der Waals surface area (Å²) < 4.78 is 32.9. The summed E-state index contributed by atoms with van der Waals surface area (Å²) >= 11 is 0. The van der Waals surface area contributed by atoms with Gasteiger partial charge in [0, 0.05) is 38.2 Å². The van der Waals surface area contributed by atoms with Crippen molar-refractivity contribution in [1.82, 2.24) is 9.62 Å². The number of hydrogen-bond acceptors (Lipinski definition) is 5. The predicted octanol–water partition coefficient (Wildman–Crippen LogP) is 2.11. The van der Waals surface area contributed by atoms with Crippen LogP contribution in [-0.2, 0) is 19.6 Å². The van der Waals surface area contributed by atoms with Gasteiger partial charge in [0.15, 0.2) is 0 Å². The van der Waals surface area contributed by atoms with Gasteiger partial charge in [-0.05, 0) is 44.4 Å². The fraction of sp³-hybridized carbons (Fsp3) is 0.579. The first kappa shape index (κ1) is 22.2. The molecule has 1 aromatic rings. The zero-order chi connectivity index (χ0) is 20.6. The van der Waals surface area contributed by atoms with E-state index in [1.807, 2.05) is 6.92 Å². The van der Waals surface area contributed by atoms with Gasteiger partial charge in [0.05, 0.1) is 6.61 Å². The molecule has 0 spiro atoms. The zero-order valence-electron chi connectivity index (χ0n) is 16.5. The van der Waals surface area contributed by atoms with Gasteiger partial charge in [-0.3, -0.25) is 9.59 Å². The summed E-state index contributed by atoms with van der Waals surface area (Å²) in [4.78, 5) is 23.8. The predicted molar refractivity (Wildman–Crippen MR) is 107 cm³/mol. The maximum atomic E-state index is 13.0. The molecule has 1 fully saturated rings. The summed E-state index contributed by atoms with van der Waals surface area (Å²) in [6, 6.07) is 4.58. The number of carbonyl (C=O) groups is 2. The van der Waals surface area contributed by atoms with Crippen LogP contribution < -0.4 is 15.4 Å². The third kappa shape index (κ3) is 5.93. The largest absolute Gasteiger partial charge is 0.492 e. The SMILES string of the molecule is CCCNC(=O)CCC(=O)Nc1ccc(OCC)c(S(=O)(=O)N2CCCC2)c1. The summed E-state index contributed by atoms with van der Waals surface area (Å²) in [6.45, 7) is 5.62. The van der Waals surface area contributed by atoms with Crippen molar-refractivity contribution in [2.75, 3.05) is 31.6 Å². The molecule has 0 aromatic heterocycles. The van der Waals surface area contributed by atoms with Crippen LogP contribution in [0.5, 0.6) is 5.75 Å². The van der Waals surface area contributed by atoms with Crippen molar-refractivity contribution < 1.29 is 22.7 Å². The highest BCUT2D eigenvalue weighted by Gasteiger charge is 2.30. The Morgan fingerprint density at radius 1 is 1.11 bits per heavy atom. The molecular weight excluding hydrogens is 382 g/mol. The summed E-state index contributed by atoms with van der Waals surface area (Å²) in [5.74, 6) is -0.257. The van der Waals surface area contributed by atoms with Gasteiger partial charge in [0.25, 0.3) is 0 Å². The molecule has 9 heteroatoms. The number of ether oxygens (including phenoxy) is 1. The van der Waals surface area contributed by atoms with Crippen LogP contribution in [0.1, 0.15) is 46.0 Å². The molecule has 1 aliphatic heterocycles. The maximum Gasteiger partial charge on any atom is 0.246 e.